The van der Waals surface area contributed by atoms with Crippen molar-refractivity contribution in [1.82, 2.24) is 5.32 Å². The zero-order valence-corrected chi connectivity index (χ0v) is 15.8. The lowest BCUT2D eigenvalue weighted by Gasteiger charge is -2.19. The standard InChI is InChI=1S/C19H18N2O3S2/c1-21(26(23,24)16-10-6-3-7-11-16)17-12-13-25-18(17)19(22)20-14-15-8-4-2-5-9-15/h2-13H,14H2,1H3,(H,20,22). The van der Waals surface area contributed by atoms with E-state index >= 15 is 0 Å². The van der Waals surface area contributed by atoms with Crippen LogP contribution < -0.4 is 9.62 Å². The SMILES string of the molecule is CN(c1ccsc1C(=O)NCc1ccccc1)S(=O)(=O)c1ccccc1. The second kappa shape index (κ2) is 7.72. The number of nitrogens with zero attached hydrogens (tertiary/aromatic N) is 1. The van der Waals surface area contributed by atoms with Crippen molar-refractivity contribution in [2.45, 2.75) is 11.4 Å². The molecule has 5 nitrogen and oxygen atoms in total. The van der Waals surface area contributed by atoms with Crippen LogP contribution in [-0.4, -0.2) is 21.4 Å². The highest BCUT2D eigenvalue weighted by molar-refractivity contribution is 7.92. The van der Waals surface area contributed by atoms with Crippen LogP contribution in [0.25, 0.3) is 0 Å². The highest BCUT2D eigenvalue weighted by Gasteiger charge is 2.25. The number of thiophene rings is 1. The first-order chi connectivity index (χ1) is 12.5. The van der Waals surface area contributed by atoms with Gasteiger partial charge in [0.1, 0.15) is 4.88 Å². The topological polar surface area (TPSA) is 66.5 Å². The Labute approximate surface area is 157 Å². The van der Waals surface area contributed by atoms with Crippen LogP contribution in [0, 0.1) is 0 Å². The third-order valence-corrected chi connectivity index (χ3v) is 6.58. The van der Waals surface area contributed by atoms with Gasteiger partial charge in [-0.2, -0.15) is 0 Å². The molecule has 26 heavy (non-hydrogen) atoms. The van der Waals surface area contributed by atoms with Crippen LogP contribution in [0.15, 0.2) is 77.0 Å². The molecule has 0 unspecified atom stereocenters. The Kier molecular flexibility index (Phi) is 5.39. The lowest BCUT2D eigenvalue weighted by molar-refractivity contribution is 0.0955. The van der Waals surface area contributed by atoms with Gasteiger partial charge in [-0.15, -0.1) is 11.3 Å². The maximum absolute atomic E-state index is 12.8. The van der Waals surface area contributed by atoms with E-state index in [0.717, 1.165) is 9.87 Å². The summed E-state index contributed by atoms with van der Waals surface area (Å²) in [5.41, 5.74) is 1.34. The van der Waals surface area contributed by atoms with E-state index in [1.165, 1.54) is 30.5 Å². The largest absolute Gasteiger partial charge is 0.347 e. The van der Waals surface area contributed by atoms with Crippen LogP contribution in [-0.2, 0) is 16.6 Å². The first-order valence-corrected chi connectivity index (χ1v) is 10.3. The fourth-order valence-corrected chi connectivity index (χ4v) is 4.58. The molecule has 134 valence electrons. The molecule has 0 aliphatic rings. The molecule has 0 fully saturated rings. The van der Waals surface area contributed by atoms with E-state index in [2.05, 4.69) is 5.32 Å². The van der Waals surface area contributed by atoms with Gasteiger partial charge in [0.25, 0.3) is 15.9 Å². The van der Waals surface area contributed by atoms with Gasteiger partial charge in [0.2, 0.25) is 0 Å². The van der Waals surface area contributed by atoms with E-state index in [1.807, 2.05) is 30.3 Å². The average Bonchev–Trinajstić information content (AvgIpc) is 3.16. The number of sulfonamides is 1. The second-order valence-electron chi connectivity index (χ2n) is 5.59. The van der Waals surface area contributed by atoms with E-state index in [9.17, 15) is 13.2 Å². The summed E-state index contributed by atoms with van der Waals surface area (Å²) in [4.78, 5) is 13.1. The van der Waals surface area contributed by atoms with Crippen LogP contribution in [0.5, 0.6) is 0 Å². The number of benzene rings is 2. The van der Waals surface area contributed by atoms with Gasteiger partial charge in [0, 0.05) is 13.6 Å². The van der Waals surface area contributed by atoms with Crippen molar-refractivity contribution in [2.75, 3.05) is 11.4 Å². The van der Waals surface area contributed by atoms with Crippen molar-refractivity contribution in [2.24, 2.45) is 0 Å². The summed E-state index contributed by atoms with van der Waals surface area (Å²) in [6, 6.07) is 19.4. The molecule has 3 rings (SSSR count). The third kappa shape index (κ3) is 3.79. The molecule has 1 aromatic heterocycles. The molecule has 3 aromatic rings. The minimum absolute atomic E-state index is 0.185. The quantitative estimate of drug-likeness (QED) is 0.705. The number of carbonyl (C=O) groups is 1. The van der Waals surface area contributed by atoms with E-state index in [0.29, 0.717) is 17.1 Å². The Morgan fingerprint density at radius 1 is 1.00 bits per heavy atom. The zero-order valence-electron chi connectivity index (χ0n) is 14.1. The molecule has 1 amide bonds. The predicted octanol–water partition coefficient (Wildman–Crippen LogP) is 3.50. The Hall–Kier alpha value is -2.64. The van der Waals surface area contributed by atoms with Crippen LogP contribution in [0.1, 0.15) is 15.2 Å². The number of anilines is 1. The minimum Gasteiger partial charge on any atom is -0.347 e. The third-order valence-electron chi connectivity index (χ3n) is 3.89. The highest BCUT2D eigenvalue weighted by Crippen LogP contribution is 2.29. The first-order valence-electron chi connectivity index (χ1n) is 7.94. The fraction of sp³-hybridized carbons (Fsp3) is 0.105. The molecule has 1 heterocycles. The average molecular weight is 386 g/mol. The van der Waals surface area contributed by atoms with Crippen molar-refractivity contribution in [3.8, 4) is 0 Å². The van der Waals surface area contributed by atoms with Gasteiger partial charge < -0.3 is 5.32 Å². The molecule has 0 atom stereocenters. The smallest absolute Gasteiger partial charge is 0.264 e. The van der Waals surface area contributed by atoms with Crippen LogP contribution >= 0.6 is 11.3 Å². The Balaban J connectivity index is 1.80. The molecule has 0 saturated carbocycles. The molecule has 0 bridgehead atoms. The molecule has 2 aromatic carbocycles. The molecule has 0 aliphatic carbocycles. The summed E-state index contributed by atoms with van der Waals surface area (Å²) in [5, 5.41) is 4.55. The van der Waals surface area contributed by atoms with Crippen molar-refractivity contribution >= 4 is 33.0 Å². The van der Waals surface area contributed by atoms with Gasteiger partial charge in [-0.25, -0.2) is 8.42 Å². The molecule has 0 radical (unpaired) electrons. The van der Waals surface area contributed by atoms with E-state index in [4.69, 9.17) is 0 Å². The van der Waals surface area contributed by atoms with E-state index in [1.54, 1.807) is 29.6 Å². The fourth-order valence-electron chi connectivity index (χ4n) is 2.46. The summed E-state index contributed by atoms with van der Waals surface area (Å²) in [7, 11) is -2.27. The minimum atomic E-state index is -3.73. The van der Waals surface area contributed by atoms with Gasteiger partial charge in [0.15, 0.2) is 0 Å². The van der Waals surface area contributed by atoms with E-state index in [-0.39, 0.29) is 10.8 Å². The number of hydrogen-bond acceptors (Lipinski definition) is 4. The lowest BCUT2D eigenvalue weighted by atomic mass is 10.2. The molecule has 0 aliphatic heterocycles. The van der Waals surface area contributed by atoms with Gasteiger partial charge >= 0.3 is 0 Å². The Morgan fingerprint density at radius 2 is 1.62 bits per heavy atom. The number of nitrogens with one attached hydrogen (secondary N) is 1. The summed E-state index contributed by atoms with van der Waals surface area (Å²) in [6.07, 6.45) is 0. The molecule has 0 spiro atoms. The normalized spacial score (nSPS) is 11.1. The highest BCUT2D eigenvalue weighted by atomic mass is 32.2. The summed E-state index contributed by atoms with van der Waals surface area (Å²) in [5.74, 6) is -0.297. The number of carbonyl (C=O) groups excluding carboxylic acids is 1. The van der Waals surface area contributed by atoms with E-state index < -0.39 is 10.0 Å². The van der Waals surface area contributed by atoms with Crippen molar-refractivity contribution in [1.29, 1.82) is 0 Å². The van der Waals surface area contributed by atoms with Crippen LogP contribution in [0.3, 0.4) is 0 Å². The first kappa shape index (κ1) is 18.2. The summed E-state index contributed by atoms with van der Waals surface area (Å²) in [6.45, 7) is 0.381. The monoisotopic (exact) mass is 386 g/mol. The van der Waals surface area contributed by atoms with Gasteiger partial charge in [-0.1, -0.05) is 48.5 Å². The Morgan fingerprint density at radius 3 is 2.27 bits per heavy atom. The van der Waals surface area contributed by atoms with Crippen molar-refractivity contribution in [3.63, 3.8) is 0 Å². The number of rotatable bonds is 6. The Bertz CT molecular complexity index is 984. The van der Waals surface area contributed by atoms with Crippen LogP contribution in [0.4, 0.5) is 5.69 Å². The summed E-state index contributed by atoms with van der Waals surface area (Å²) >= 11 is 1.21. The number of amides is 1. The number of hydrogen-bond donors (Lipinski definition) is 1. The van der Waals surface area contributed by atoms with Gasteiger partial charge in [-0.05, 0) is 29.1 Å². The second-order valence-corrected chi connectivity index (χ2v) is 8.47. The lowest BCUT2D eigenvalue weighted by Crippen LogP contribution is -2.29. The molecule has 1 N–H and O–H groups in total. The molecular weight excluding hydrogens is 368 g/mol. The molecule has 7 heteroatoms. The van der Waals surface area contributed by atoms with Crippen LogP contribution in [0.2, 0.25) is 0 Å². The summed E-state index contributed by atoms with van der Waals surface area (Å²) < 4.78 is 26.7. The van der Waals surface area contributed by atoms with Crippen molar-refractivity contribution < 1.29 is 13.2 Å². The molecule has 0 saturated heterocycles. The van der Waals surface area contributed by atoms with Gasteiger partial charge in [0.05, 0.1) is 10.6 Å². The van der Waals surface area contributed by atoms with Crippen molar-refractivity contribution in [3.05, 3.63) is 82.6 Å². The zero-order chi connectivity index (χ0) is 18.6. The molecular formula is C19H18N2O3S2. The predicted molar refractivity (Wildman–Crippen MR) is 104 cm³/mol. The maximum Gasteiger partial charge on any atom is 0.264 e. The van der Waals surface area contributed by atoms with Gasteiger partial charge in [-0.3, -0.25) is 9.10 Å². The maximum atomic E-state index is 12.8.